The van der Waals surface area contributed by atoms with Gasteiger partial charge in [0, 0.05) is 6.54 Å². The molecule has 0 radical (unpaired) electrons. The molecule has 1 rings (SSSR count). The van der Waals surface area contributed by atoms with Crippen LogP contribution in [-0.2, 0) is 0 Å². The molecular formula is C13H27NOS. The zero-order valence-corrected chi connectivity index (χ0v) is 11.5. The van der Waals surface area contributed by atoms with Gasteiger partial charge < -0.3 is 10.4 Å². The molecule has 0 aromatic carbocycles. The Hall–Kier alpha value is 0.270. The molecule has 0 heterocycles. The normalized spacial score (nSPS) is 19.1. The first-order valence-electron chi connectivity index (χ1n) is 6.69. The molecule has 1 aliphatic carbocycles. The van der Waals surface area contributed by atoms with Gasteiger partial charge in [-0.15, -0.1) is 0 Å². The van der Waals surface area contributed by atoms with E-state index < -0.39 is 0 Å². The smallest absolute Gasteiger partial charge is 0.0771 e. The van der Waals surface area contributed by atoms with Gasteiger partial charge >= 0.3 is 0 Å². The van der Waals surface area contributed by atoms with Crippen LogP contribution in [-0.4, -0.2) is 35.8 Å². The fourth-order valence-corrected chi connectivity index (χ4v) is 2.87. The van der Waals surface area contributed by atoms with Gasteiger partial charge in [-0.2, -0.15) is 11.8 Å². The quantitative estimate of drug-likeness (QED) is 0.613. The summed E-state index contributed by atoms with van der Waals surface area (Å²) in [5, 5.41) is 13.5. The van der Waals surface area contributed by atoms with E-state index >= 15 is 0 Å². The molecule has 0 aliphatic heterocycles. The highest BCUT2D eigenvalue weighted by atomic mass is 32.2. The van der Waals surface area contributed by atoms with E-state index in [1.54, 1.807) is 0 Å². The fourth-order valence-electron chi connectivity index (χ4n) is 2.38. The summed E-state index contributed by atoms with van der Waals surface area (Å²) in [6.45, 7) is 1.87. The minimum absolute atomic E-state index is 0.376. The van der Waals surface area contributed by atoms with Crippen molar-refractivity contribution in [1.82, 2.24) is 5.32 Å². The third kappa shape index (κ3) is 6.12. The third-order valence-electron chi connectivity index (χ3n) is 3.44. The van der Waals surface area contributed by atoms with Gasteiger partial charge in [-0.25, -0.2) is 0 Å². The highest BCUT2D eigenvalue weighted by Gasteiger charge is 2.30. The van der Waals surface area contributed by atoms with E-state index in [1.165, 1.54) is 44.3 Å². The molecule has 1 fully saturated rings. The lowest BCUT2D eigenvalue weighted by Gasteiger charge is -2.22. The van der Waals surface area contributed by atoms with E-state index in [-0.39, 0.29) is 5.60 Å². The van der Waals surface area contributed by atoms with Crippen LogP contribution in [0.2, 0.25) is 0 Å². The van der Waals surface area contributed by atoms with Crippen molar-refractivity contribution in [3.63, 3.8) is 0 Å². The van der Waals surface area contributed by atoms with E-state index in [0.717, 1.165) is 25.9 Å². The van der Waals surface area contributed by atoms with E-state index in [1.807, 2.05) is 11.8 Å². The van der Waals surface area contributed by atoms with Crippen LogP contribution in [0.3, 0.4) is 0 Å². The lowest BCUT2D eigenvalue weighted by Crippen LogP contribution is -2.38. The van der Waals surface area contributed by atoms with Gasteiger partial charge in [0.2, 0.25) is 0 Å². The van der Waals surface area contributed by atoms with Gasteiger partial charge in [0.25, 0.3) is 0 Å². The second kappa shape index (κ2) is 8.37. The number of nitrogens with one attached hydrogen (secondary N) is 1. The summed E-state index contributed by atoms with van der Waals surface area (Å²) in [5.41, 5.74) is -0.376. The zero-order chi connectivity index (χ0) is 11.7. The minimum Gasteiger partial charge on any atom is -0.389 e. The Bertz CT molecular complexity index is 169. The second-order valence-electron chi connectivity index (χ2n) is 5.02. The summed E-state index contributed by atoms with van der Waals surface area (Å²) in [6, 6.07) is 0. The highest BCUT2D eigenvalue weighted by Crippen LogP contribution is 2.28. The van der Waals surface area contributed by atoms with Crippen LogP contribution in [0.25, 0.3) is 0 Å². The lowest BCUT2D eigenvalue weighted by atomic mass is 10.0. The second-order valence-corrected chi connectivity index (χ2v) is 6.00. The van der Waals surface area contributed by atoms with Crippen LogP contribution >= 0.6 is 11.8 Å². The van der Waals surface area contributed by atoms with Crippen molar-refractivity contribution < 1.29 is 5.11 Å². The number of hydrogen-bond acceptors (Lipinski definition) is 3. The van der Waals surface area contributed by atoms with Crippen molar-refractivity contribution in [1.29, 1.82) is 0 Å². The Kier molecular flexibility index (Phi) is 7.50. The number of thioether (sulfide) groups is 1. The summed E-state index contributed by atoms with van der Waals surface area (Å²) >= 11 is 1.94. The predicted molar refractivity (Wildman–Crippen MR) is 73.1 cm³/mol. The summed E-state index contributed by atoms with van der Waals surface area (Å²) < 4.78 is 0. The monoisotopic (exact) mass is 245 g/mol. The summed E-state index contributed by atoms with van der Waals surface area (Å²) in [4.78, 5) is 0. The maximum Gasteiger partial charge on any atom is 0.0771 e. The molecule has 3 heteroatoms. The molecule has 2 N–H and O–H groups in total. The first kappa shape index (κ1) is 14.3. The minimum atomic E-state index is -0.376. The van der Waals surface area contributed by atoms with Crippen molar-refractivity contribution in [3.8, 4) is 0 Å². The predicted octanol–water partition coefficient (Wildman–Crippen LogP) is 2.80. The molecule has 0 spiro atoms. The average molecular weight is 245 g/mol. The molecule has 1 aliphatic rings. The summed E-state index contributed by atoms with van der Waals surface area (Å²) in [7, 11) is 0. The van der Waals surface area contributed by atoms with Crippen molar-refractivity contribution in [2.75, 3.05) is 25.1 Å². The van der Waals surface area contributed by atoms with Gasteiger partial charge in [0.1, 0.15) is 0 Å². The Morgan fingerprint density at radius 1 is 1.12 bits per heavy atom. The molecule has 1 saturated carbocycles. The molecule has 16 heavy (non-hydrogen) atoms. The van der Waals surface area contributed by atoms with Gasteiger partial charge in [-0.3, -0.25) is 0 Å². The van der Waals surface area contributed by atoms with Crippen LogP contribution in [0.1, 0.15) is 51.4 Å². The number of unbranched alkanes of at least 4 members (excludes halogenated alkanes) is 3. The van der Waals surface area contributed by atoms with E-state index in [2.05, 4.69) is 11.6 Å². The standard InChI is InChI=1S/C13H27NOS/c1-16-11-7-3-2-6-10-14-12-13(15)8-4-5-9-13/h14-15H,2-12H2,1H3. The lowest BCUT2D eigenvalue weighted by molar-refractivity contribution is 0.0479. The van der Waals surface area contributed by atoms with E-state index in [4.69, 9.17) is 0 Å². The van der Waals surface area contributed by atoms with Gasteiger partial charge in [-0.1, -0.05) is 25.7 Å². The van der Waals surface area contributed by atoms with Gasteiger partial charge in [0.15, 0.2) is 0 Å². The number of aliphatic hydroxyl groups is 1. The first-order valence-corrected chi connectivity index (χ1v) is 8.08. The molecule has 0 aromatic heterocycles. The maximum atomic E-state index is 10.1. The SMILES string of the molecule is CSCCCCCCNCC1(O)CCCC1. The van der Waals surface area contributed by atoms with Crippen molar-refractivity contribution in [3.05, 3.63) is 0 Å². The molecular weight excluding hydrogens is 218 g/mol. The van der Waals surface area contributed by atoms with Crippen LogP contribution in [0.5, 0.6) is 0 Å². The van der Waals surface area contributed by atoms with Crippen molar-refractivity contribution in [2.24, 2.45) is 0 Å². The summed E-state index contributed by atoms with van der Waals surface area (Å²) in [5.74, 6) is 1.30. The van der Waals surface area contributed by atoms with Crippen molar-refractivity contribution >= 4 is 11.8 Å². The molecule has 0 aromatic rings. The topological polar surface area (TPSA) is 32.3 Å². The zero-order valence-electron chi connectivity index (χ0n) is 10.6. The molecule has 96 valence electrons. The van der Waals surface area contributed by atoms with Crippen LogP contribution < -0.4 is 5.32 Å². The number of hydrogen-bond donors (Lipinski definition) is 2. The average Bonchev–Trinajstić information content (AvgIpc) is 2.70. The molecule has 0 atom stereocenters. The van der Waals surface area contributed by atoms with E-state index in [0.29, 0.717) is 0 Å². The fraction of sp³-hybridized carbons (Fsp3) is 1.00. The Labute approximate surface area is 105 Å². The van der Waals surface area contributed by atoms with Crippen molar-refractivity contribution in [2.45, 2.75) is 57.0 Å². The van der Waals surface area contributed by atoms with E-state index in [9.17, 15) is 5.11 Å². The first-order chi connectivity index (χ1) is 7.77. The molecule has 0 bridgehead atoms. The molecule has 0 amide bonds. The Balaban J connectivity index is 1.84. The molecule has 0 saturated heterocycles. The summed E-state index contributed by atoms with van der Waals surface area (Å²) in [6.07, 6.45) is 11.8. The highest BCUT2D eigenvalue weighted by molar-refractivity contribution is 7.98. The van der Waals surface area contributed by atoms with Gasteiger partial charge in [-0.05, 0) is 44.2 Å². The van der Waals surface area contributed by atoms with Crippen LogP contribution in [0.15, 0.2) is 0 Å². The molecule has 2 nitrogen and oxygen atoms in total. The van der Waals surface area contributed by atoms with Gasteiger partial charge in [0.05, 0.1) is 5.60 Å². The largest absolute Gasteiger partial charge is 0.389 e. The molecule has 0 unspecified atom stereocenters. The number of rotatable bonds is 9. The Morgan fingerprint density at radius 2 is 1.81 bits per heavy atom. The third-order valence-corrected chi connectivity index (χ3v) is 4.14. The van der Waals surface area contributed by atoms with Crippen LogP contribution in [0, 0.1) is 0 Å². The van der Waals surface area contributed by atoms with Crippen LogP contribution in [0.4, 0.5) is 0 Å². The Morgan fingerprint density at radius 3 is 2.50 bits per heavy atom. The maximum absolute atomic E-state index is 10.1.